The molecule has 0 aliphatic heterocycles. The first-order valence-corrected chi connectivity index (χ1v) is 10.3. The molecule has 4 aromatic rings. The van der Waals surface area contributed by atoms with Crippen molar-refractivity contribution in [3.63, 3.8) is 0 Å². The minimum atomic E-state index is -0.481. The van der Waals surface area contributed by atoms with Gasteiger partial charge in [0.2, 0.25) is 5.76 Å². The van der Waals surface area contributed by atoms with Crippen molar-refractivity contribution in [2.24, 2.45) is 0 Å². The second-order valence-electron chi connectivity index (χ2n) is 6.67. The largest absolute Gasteiger partial charge is 0.463 e. The summed E-state index contributed by atoms with van der Waals surface area (Å²) in [6.07, 6.45) is 3.50. The summed E-state index contributed by atoms with van der Waals surface area (Å²) in [5.41, 5.74) is 3.72. The molecule has 0 saturated carbocycles. The van der Waals surface area contributed by atoms with Crippen molar-refractivity contribution in [3.8, 4) is 17.1 Å². The molecule has 1 aromatic carbocycles. The molecule has 0 amide bonds. The molecule has 3 aromatic heterocycles. The predicted octanol–water partition coefficient (Wildman–Crippen LogP) is 4.62. The molecule has 152 valence electrons. The Labute approximate surface area is 178 Å². The SMILES string of the molecule is COC(=O)c1oc(CSc2nnc(-c3cccnc3)n2-c2ccccc2C)cc1C. The molecule has 0 radical (unpaired) electrons. The maximum atomic E-state index is 11.8. The molecule has 8 heteroatoms. The van der Waals surface area contributed by atoms with Crippen LogP contribution < -0.4 is 0 Å². The monoisotopic (exact) mass is 420 g/mol. The minimum absolute atomic E-state index is 0.226. The number of hydrogen-bond acceptors (Lipinski definition) is 7. The zero-order valence-corrected chi connectivity index (χ0v) is 17.6. The third-order valence-corrected chi connectivity index (χ3v) is 5.54. The zero-order chi connectivity index (χ0) is 21.1. The quantitative estimate of drug-likeness (QED) is 0.332. The lowest BCUT2D eigenvalue weighted by atomic mass is 10.2. The number of pyridine rings is 1. The van der Waals surface area contributed by atoms with E-state index in [-0.39, 0.29) is 5.76 Å². The van der Waals surface area contributed by atoms with Crippen LogP contribution in [0.15, 0.2) is 64.4 Å². The van der Waals surface area contributed by atoms with E-state index in [9.17, 15) is 4.79 Å². The summed E-state index contributed by atoms with van der Waals surface area (Å²) >= 11 is 1.48. The van der Waals surface area contributed by atoms with Gasteiger partial charge in [-0.15, -0.1) is 10.2 Å². The minimum Gasteiger partial charge on any atom is -0.463 e. The highest BCUT2D eigenvalue weighted by molar-refractivity contribution is 7.98. The van der Waals surface area contributed by atoms with Crippen LogP contribution in [0.4, 0.5) is 0 Å². The number of rotatable bonds is 6. The lowest BCUT2D eigenvalue weighted by molar-refractivity contribution is 0.0562. The second kappa shape index (κ2) is 8.54. The van der Waals surface area contributed by atoms with Crippen LogP contribution in [0.1, 0.15) is 27.4 Å². The number of carbonyl (C=O) groups is 1. The van der Waals surface area contributed by atoms with E-state index >= 15 is 0 Å². The Hall–Kier alpha value is -3.39. The highest BCUT2D eigenvalue weighted by atomic mass is 32.2. The summed E-state index contributed by atoms with van der Waals surface area (Å²) < 4.78 is 12.5. The third-order valence-electron chi connectivity index (χ3n) is 4.59. The number of esters is 1. The Morgan fingerprint density at radius 3 is 2.70 bits per heavy atom. The predicted molar refractivity (Wildman–Crippen MR) is 114 cm³/mol. The first-order chi connectivity index (χ1) is 14.6. The highest BCUT2D eigenvalue weighted by Crippen LogP contribution is 2.31. The average Bonchev–Trinajstić information content (AvgIpc) is 3.36. The fourth-order valence-electron chi connectivity index (χ4n) is 3.13. The van der Waals surface area contributed by atoms with Gasteiger partial charge < -0.3 is 9.15 Å². The van der Waals surface area contributed by atoms with Gasteiger partial charge in [0.05, 0.1) is 18.6 Å². The second-order valence-corrected chi connectivity index (χ2v) is 7.62. The van der Waals surface area contributed by atoms with Crippen molar-refractivity contribution in [1.29, 1.82) is 0 Å². The summed E-state index contributed by atoms with van der Waals surface area (Å²) in [5, 5.41) is 9.57. The molecule has 30 heavy (non-hydrogen) atoms. The number of furan rings is 1. The van der Waals surface area contributed by atoms with Gasteiger partial charge in [-0.3, -0.25) is 9.55 Å². The molecule has 0 unspecified atom stereocenters. The number of aromatic nitrogens is 4. The van der Waals surface area contributed by atoms with E-state index < -0.39 is 5.97 Å². The number of para-hydroxylation sites is 1. The zero-order valence-electron chi connectivity index (χ0n) is 16.8. The lowest BCUT2D eigenvalue weighted by Gasteiger charge is -2.12. The topological polar surface area (TPSA) is 83.0 Å². The number of nitrogens with zero attached hydrogens (tertiary/aromatic N) is 4. The molecule has 0 aliphatic rings. The Bertz CT molecular complexity index is 1180. The number of methoxy groups -OCH3 is 1. The van der Waals surface area contributed by atoms with Crippen molar-refractivity contribution in [2.75, 3.05) is 7.11 Å². The number of thioether (sulfide) groups is 1. The first-order valence-electron chi connectivity index (χ1n) is 9.30. The summed E-state index contributed by atoms with van der Waals surface area (Å²) in [6, 6.07) is 13.7. The molecule has 0 N–H and O–H groups in total. The molecule has 0 spiro atoms. The molecule has 0 atom stereocenters. The van der Waals surface area contributed by atoms with E-state index in [0.29, 0.717) is 17.3 Å². The van der Waals surface area contributed by atoms with Crippen molar-refractivity contribution in [3.05, 3.63) is 77.5 Å². The number of carbonyl (C=O) groups excluding carboxylic acids is 1. The number of aryl methyl sites for hydroxylation is 2. The van der Waals surface area contributed by atoms with Crippen molar-refractivity contribution >= 4 is 17.7 Å². The van der Waals surface area contributed by atoms with Gasteiger partial charge in [0.1, 0.15) is 5.76 Å². The van der Waals surface area contributed by atoms with E-state index in [0.717, 1.165) is 27.5 Å². The molecular weight excluding hydrogens is 400 g/mol. The van der Waals surface area contributed by atoms with E-state index in [4.69, 9.17) is 9.15 Å². The number of benzene rings is 1. The number of hydrogen-bond donors (Lipinski definition) is 0. The normalized spacial score (nSPS) is 10.9. The average molecular weight is 420 g/mol. The van der Waals surface area contributed by atoms with Gasteiger partial charge in [0, 0.05) is 23.5 Å². The fraction of sp³-hybridized carbons (Fsp3) is 0.182. The maximum absolute atomic E-state index is 11.8. The van der Waals surface area contributed by atoms with Gasteiger partial charge >= 0.3 is 5.97 Å². The van der Waals surface area contributed by atoms with Crippen molar-refractivity contribution in [1.82, 2.24) is 19.7 Å². The lowest BCUT2D eigenvalue weighted by Crippen LogP contribution is -2.02. The smallest absolute Gasteiger partial charge is 0.374 e. The molecule has 4 rings (SSSR count). The first kappa shape index (κ1) is 19.9. The fourth-order valence-corrected chi connectivity index (χ4v) is 3.95. The summed E-state index contributed by atoms with van der Waals surface area (Å²) in [4.78, 5) is 16.0. The van der Waals surface area contributed by atoms with Crippen LogP contribution in [0.3, 0.4) is 0 Å². The molecule has 3 heterocycles. The van der Waals surface area contributed by atoms with Crippen molar-refractivity contribution in [2.45, 2.75) is 24.8 Å². The molecule has 0 saturated heterocycles. The molecule has 0 aliphatic carbocycles. The van der Waals surface area contributed by atoms with E-state index in [2.05, 4.69) is 28.2 Å². The number of ether oxygens (including phenoxy) is 1. The molecular formula is C22H20N4O3S. The van der Waals surface area contributed by atoms with Crippen LogP contribution in [0, 0.1) is 13.8 Å². The Morgan fingerprint density at radius 2 is 1.97 bits per heavy atom. The van der Waals surface area contributed by atoms with E-state index in [1.165, 1.54) is 18.9 Å². The molecule has 7 nitrogen and oxygen atoms in total. The Kier molecular flexibility index (Phi) is 5.67. The van der Waals surface area contributed by atoms with Crippen molar-refractivity contribution < 1.29 is 13.9 Å². The third kappa shape index (κ3) is 3.86. The van der Waals surface area contributed by atoms with Gasteiger partial charge in [0.25, 0.3) is 0 Å². The van der Waals surface area contributed by atoms with E-state index in [1.54, 1.807) is 12.4 Å². The highest BCUT2D eigenvalue weighted by Gasteiger charge is 2.20. The standard InChI is InChI=1S/C22H20N4O3S/c1-14-7-4-5-9-18(14)26-20(16-8-6-10-23-12-16)24-25-22(26)30-13-17-11-15(2)19(29-17)21(27)28-3/h4-12H,13H2,1-3H3. The van der Waals surface area contributed by atoms with Crippen LogP contribution in [-0.4, -0.2) is 32.8 Å². The van der Waals surface area contributed by atoms with Gasteiger partial charge in [0.15, 0.2) is 11.0 Å². The Balaban J connectivity index is 1.70. The van der Waals surface area contributed by atoms with Gasteiger partial charge in [-0.05, 0) is 43.7 Å². The van der Waals surface area contributed by atoms with Crippen LogP contribution >= 0.6 is 11.8 Å². The van der Waals surface area contributed by atoms with Crippen LogP contribution in [-0.2, 0) is 10.5 Å². The van der Waals surface area contributed by atoms with Gasteiger partial charge in [-0.25, -0.2) is 4.79 Å². The van der Waals surface area contributed by atoms with E-state index in [1.807, 2.05) is 47.9 Å². The molecule has 0 fully saturated rings. The van der Waals surface area contributed by atoms with Gasteiger partial charge in [-0.1, -0.05) is 30.0 Å². The summed E-state index contributed by atoms with van der Waals surface area (Å²) in [7, 11) is 1.34. The van der Waals surface area contributed by atoms with Crippen LogP contribution in [0.25, 0.3) is 17.1 Å². The van der Waals surface area contributed by atoms with Crippen LogP contribution in [0.5, 0.6) is 0 Å². The summed E-state index contributed by atoms with van der Waals surface area (Å²) in [5.74, 6) is 1.62. The van der Waals surface area contributed by atoms with Crippen LogP contribution in [0.2, 0.25) is 0 Å². The maximum Gasteiger partial charge on any atom is 0.374 e. The Morgan fingerprint density at radius 1 is 1.13 bits per heavy atom. The van der Waals surface area contributed by atoms with Gasteiger partial charge in [-0.2, -0.15) is 0 Å². The molecule has 0 bridgehead atoms. The summed E-state index contributed by atoms with van der Waals surface area (Å²) in [6.45, 7) is 3.87.